The molecule has 62 valence electrons. The van der Waals surface area contributed by atoms with Gasteiger partial charge in [0.05, 0.1) is 0 Å². The summed E-state index contributed by atoms with van der Waals surface area (Å²) in [6, 6.07) is 8.21. The molecule has 1 aliphatic heterocycles. The Morgan fingerprint density at radius 2 is 2.08 bits per heavy atom. The van der Waals surface area contributed by atoms with Crippen molar-refractivity contribution in [2.75, 3.05) is 5.32 Å². The van der Waals surface area contributed by atoms with E-state index in [0.717, 1.165) is 24.4 Å². The molecule has 1 heterocycles. The second kappa shape index (κ2) is 2.85. The molecule has 0 spiro atoms. The molecule has 0 atom stereocenters. The lowest BCUT2D eigenvalue weighted by Gasteiger charge is -2.18. The van der Waals surface area contributed by atoms with Crippen molar-refractivity contribution < 1.29 is 0 Å². The van der Waals surface area contributed by atoms with Crippen LogP contribution in [0.4, 0.5) is 5.69 Å². The highest BCUT2D eigenvalue weighted by Gasteiger charge is 2.11. The molecule has 3 heteroatoms. The van der Waals surface area contributed by atoms with Crippen molar-refractivity contribution in [2.24, 2.45) is 10.9 Å². The van der Waals surface area contributed by atoms with E-state index in [0.29, 0.717) is 0 Å². The monoisotopic (exact) mass is 161 g/mol. The average molecular weight is 161 g/mol. The Balaban J connectivity index is 2.35. The van der Waals surface area contributed by atoms with Gasteiger partial charge in [0, 0.05) is 12.1 Å². The average Bonchev–Trinajstić information content (AvgIpc) is 2.17. The number of anilines is 1. The fraction of sp³-hybridized carbons (Fsp3) is 0.222. The lowest BCUT2D eigenvalue weighted by atomic mass is 10.0. The van der Waals surface area contributed by atoms with Crippen LogP contribution in [0.15, 0.2) is 29.4 Å². The Kier molecular flexibility index (Phi) is 1.70. The zero-order valence-electron chi connectivity index (χ0n) is 6.75. The maximum atomic E-state index is 5.19. The van der Waals surface area contributed by atoms with Crippen molar-refractivity contribution in [3.05, 3.63) is 29.8 Å². The second-order valence-electron chi connectivity index (χ2n) is 2.86. The van der Waals surface area contributed by atoms with Crippen molar-refractivity contribution in [2.45, 2.75) is 12.8 Å². The SMILES string of the molecule is NN=C1CCc2ccccc2N1. The quantitative estimate of drug-likeness (QED) is 0.445. The van der Waals surface area contributed by atoms with Gasteiger partial charge < -0.3 is 11.2 Å². The normalized spacial score (nSPS) is 18.5. The summed E-state index contributed by atoms with van der Waals surface area (Å²) >= 11 is 0. The molecule has 0 fully saturated rings. The van der Waals surface area contributed by atoms with Crippen LogP contribution in [0.25, 0.3) is 0 Å². The van der Waals surface area contributed by atoms with E-state index in [1.165, 1.54) is 5.56 Å². The number of benzene rings is 1. The fourth-order valence-corrected chi connectivity index (χ4v) is 1.43. The topological polar surface area (TPSA) is 50.4 Å². The molecule has 0 aromatic heterocycles. The first-order chi connectivity index (χ1) is 5.90. The number of aryl methyl sites for hydroxylation is 1. The summed E-state index contributed by atoms with van der Waals surface area (Å²) in [5.74, 6) is 6.06. The van der Waals surface area contributed by atoms with Crippen molar-refractivity contribution >= 4 is 11.5 Å². The van der Waals surface area contributed by atoms with Crippen LogP contribution in [0.2, 0.25) is 0 Å². The number of nitrogens with one attached hydrogen (secondary N) is 1. The number of nitrogens with zero attached hydrogens (tertiary/aromatic N) is 1. The minimum atomic E-state index is 0.869. The van der Waals surface area contributed by atoms with E-state index >= 15 is 0 Å². The van der Waals surface area contributed by atoms with Crippen LogP contribution in [-0.4, -0.2) is 5.84 Å². The van der Waals surface area contributed by atoms with Gasteiger partial charge >= 0.3 is 0 Å². The van der Waals surface area contributed by atoms with Gasteiger partial charge in [-0.25, -0.2) is 0 Å². The number of fused-ring (bicyclic) bond motifs is 1. The third-order valence-electron chi connectivity index (χ3n) is 2.08. The first kappa shape index (κ1) is 7.16. The molecular formula is C9H11N3. The van der Waals surface area contributed by atoms with E-state index < -0.39 is 0 Å². The predicted molar refractivity (Wildman–Crippen MR) is 50.0 cm³/mol. The van der Waals surface area contributed by atoms with Crippen LogP contribution in [0.1, 0.15) is 12.0 Å². The van der Waals surface area contributed by atoms with Gasteiger partial charge in [-0.3, -0.25) is 0 Å². The zero-order chi connectivity index (χ0) is 8.39. The summed E-state index contributed by atoms with van der Waals surface area (Å²) in [6.07, 6.45) is 1.94. The summed E-state index contributed by atoms with van der Waals surface area (Å²) < 4.78 is 0. The molecule has 0 unspecified atom stereocenters. The highest BCUT2D eigenvalue weighted by Crippen LogP contribution is 2.21. The molecule has 0 radical (unpaired) electrons. The van der Waals surface area contributed by atoms with Crippen LogP contribution < -0.4 is 11.2 Å². The van der Waals surface area contributed by atoms with Gasteiger partial charge in [-0.05, 0) is 18.1 Å². The Morgan fingerprint density at radius 3 is 2.92 bits per heavy atom. The minimum absolute atomic E-state index is 0.869. The third-order valence-corrected chi connectivity index (χ3v) is 2.08. The van der Waals surface area contributed by atoms with Crippen LogP contribution in [0, 0.1) is 0 Å². The molecule has 1 aliphatic rings. The van der Waals surface area contributed by atoms with Crippen molar-refractivity contribution in [3.8, 4) is 0 Å². The highest BCUT2D eigenvalue weighted by atomic mass is 15.2. The predicted octanol–water partition coefficient (Wildman–Crippen LogP) is 1.32. The van der Waals surface area contributed by atoms with E-state index in [9.17, 15) is 0 Å². The van der Waals surface area contributed by atoms with Crippen molar-refractivity contribution in [1.82, 2.24) is 0 Å². The molecule has 1 aromatic carbocycles. The molecule has 2 rings (SSSR count). The minimum Gasteiger partial charge on any atom is -0.342 e. The van der Waals surface area contributed by atoms with E-state index in [1.54, 1.807) is 0 Å². The molecule has 0 amide bonds. The zero-order valence-corrected chi connectivity index (χ0v) is 6.75. The number of hydrogen-bond acceptors (Lipinski definition) is 2. The van der Waals surface area contributed by atoms with Crippen LogP contribution in [0.3, 0.4) is 0 Å². The largest absolute Gasteiger partial charge is 0.342 e. The molecule has 12 heavy (non-hydrogen) atoms. The smallest absolute Gasteiger partial charge is 0.126 e. The Labute approximate surface area is 71.3 Å². The molecule has 0 aliphatic carbocycles. The van der Waals surface area contributed by atoms with Gasteiger partial charge in [0.1, 0.15) is 5.84 Å². The lowest BCUT2D eigenvalue weighted by molar-refractivity contribution is 0.995. The maximum Gasteiger partial charge on any atom is 0.126 e. The van der Waals surface area contributed by atoms with Crippen molar-refractivity contribution in [3.63, 3.8) is 0 Å². The van der Waals surface area contributed by atoms with E-state index in [2.05, 4.69) is 16.5 Å². The summed E-state index contributed by atoms with van der Waals surface area (Å²) in [7, 11) is 0. The second-order valence-corrected chi connectivity index (χ2v) is 2.86. The maximum absolute atomic E-state index is 5.19. The molecule has 0 saturated heterocycles. The van der Waals surface area contributed by atoms with Gasteiger partial charge in [-0.1, -0.05) is 18.2 Å². The van der Waals surface area contributed by atoms with Gasteiger partial charge in [0.15, 0.2) is 0 Å². The molecular weight excluding hydrogens is 150 g/mol. The third kappa shape index (κ3) is 1.13. The van der Waals surface area contributed by atoms with Gasteiger partial charge in [-0.2, -0.15) is 5.10 Å². The van der Waals surface area contributed by atoms with E-state index in [1.807, 2.05) is 18.2 Å². The van der Waals surface area contributed by atoms with Crippen LogP contribution in [-0.2, 0) is 6.42 Å². The lowest BCUT2D eigenvalue weighted by Crippen LogP contribution is -2.20. The Bertz CT molecular complexity index is 317. The fourth-order valence-electron chi connectivity index (χ4n) is 1.43. The number of para-hydroxylation sites is 1. The summed E-state index contributed by atoms with van der Waals surface area (Å²) in [5.41, 5.74) is 2.47. The number of rotatable bonds is 0. The summed E-state index contributed by atoms with van der Waals surface area (Å²) in [4.78, 5) is 0. The van der Waals surface area contributed by atoms with E-state index in [4.69, 9.17) is 5.84 Å². The van der Waals surface area contributed by atoms with Gasteiger partial charge in [0.25, 0.3) is 0 Å². The number of hydrogen-bond donors (Lipinski definition) is 2. The molecule has 0 saturated carbocycles. The first-order valence-corrected chi connectivity index (χ1v) is 4.02. The van der Waals surface area contributed by atoms with Gasteiger partial charge in [0.2, 0.25) is 0 Å². The summed E-state index contributed by atoms with van der Waals surface area (Å²) in [6.45, 7) is 0. The standard InChI is InChI=1S/C9H11N3/c10-12-9-6-5-7-3-1-2-4-8(7)11-9/h1-4H,5-6,10H2,(H,11,12). The van der Waals surface area contributed by atoms with Crippen LogP contribution >= 0.6 is 0 Å². The molecule has 1 aromatic rings. The molecule has 0 bridgehead atoms. The number of amidine groups is 1. The van der Waals surface area contributed by atoms with E-state index in [-0.39, 0.29) is 0 Å². The Morgan fingerprint density at radius 1 is 1.25 bits per heavy atom. The van der Waals surface area contributed by atoms with Crippen molar-refractivity contribution in [1.29, 1.82) is 0 Å². The molecule has 3 N–H and O–H groups in total. The highest BCUT2D eigenvalue weighted by molar-refractivity contribution is 5.97. The summed E-state index contributed by atoms with van der Waals surface area (Å²) in [5, 5.41) is 6.82. The Hall–Kier alpha value is -1.51. The van der Waals surface area contributed by atoms with Gasteiger partial charge in [-0.15, -0.1) is 0 Å². The number of hydrazone groups is 1. The van der Waals surface area contributed by atoms with Crippen LogP contribution in [0.5, 0.6) is 0 Å². The number of nitrogens with two attached hydrogens (primary N) is 1. The molecule has 3 nitrogen and oxygen atoms in total. The first-order valence-electron chi connectivity index (χ1n) is 4.02.